The number of guanidine groups is 1. The first-order valence-electron chi connectivity index (χ1n) is 9.01. The number of nitrogens with zero attached hydrogens (tertiary/aromatic N) is 1. The van der Waals surface area contributed by atoms with Gasteiger partial charge in [0, 0.05) is 31.7 Å². The molecule has 0 atom stereocenters. The van der Waals surface area contributed by atoms with E-state index in [4.69, 9.17) is 4.74 Å². The molecule has 1 rings (SSSR count). The lowest BCUT2D eigenvalue weighted by atomic mass is 10.1. The fourth-order valence-corrected chi connectivity index (χ4v) is 2.26. The van der Waals surface area contributed by atoms with Gasteiger partial charge in [-0.3, -0.25) is 9.79 Å². The second kappa shape index (κ2) is 12.2. The molecule has 0 fully saturated rings. The summed E-state index contributed by atoms with van der Waals surface area (Å²) in [7, 11) is 1.59. The number of nitrogens with one attached hydrogen (secondary N) is 3. The molecule has 0 heterocycles. The van der Waals surface area contributed by atoms with E-state index in [1.165, 1.54) is 6.42 Å². The number of rotatable bonds is 10. The Hall–Kier alpha value is -2.24. The molecule has 25 heavy (non-hydrogen) atoms. The topological polar surface area (TPSA) is 74.8 Å². The Labute approximate surface area is 151 Å². The van der Waals surface area contributed by atoms with Crippen molar-refractivity contribution in [1.29, 1.82) is 0 Å². The molecule has 0 aromatic heterocycles. The highest BCUT2D eigenvalue weighted by Crippen LogP contribution is 2.12. The van der Waals surface area contributed by atoms with Crippen molar-refractivity contribution in [3.05, 3.63) is 29.8 Å². The molecule has 6 nitrogen and oxygen atoms in total. The first-order valence-corrected chi connectivity index (χ1v) is 9.01. The van der Waals surface area contributed by atoms with Gasteiger partial charge in [0.1, 0.15) is 5.75 Å². The van der Waals surface area contributed by atoms with Crippen LogP contribution in [-0.4, -0.2) is 45.2 Å². The molecule has 3 N–H and O–H groups in total. The summed E-state index contributed by atoms with van der Waals surface area (Å²) < 4.78 is 5.13. The van der Waals surface area contributed by atoms with Gasteiger partial charge in [-0.25, -0.2) is 0 Å². The molecule has 140 valence electrons. The molecule has 0 aliphatic heterocycles. The second-order valence-electron chi connectivity index (χ2n) is 6.21. The summed E-state index contributed by atoms with van der Waals surface area (Å²) in [6.07, 6.45) is 2.26. The van der Waals surface area contributed by atoms with E-state index in [9.17, 15) is 4.79 Å². The molecule has 0 saturated heterocycles. The van der Waals surface area contributed by atoms with Crippen molar-refractivity contribution in [3.63, 3.8) is 0 Å². The van der Waals surface area contributed by atoms with Crippen molar-refractivity contribution in [2.24, 2.45) is 10.9 Å². The third-order valence-corrected chi connectivity index (χ3v) is 3.59. The maximum Gasteiger partial charge on any atom is 0.251 e. The average molecular weight is 348 g/mol. The van der Waals surface area contributed by atoms with Gasteiger partial charge < -0.3 is 20.7 Å². The van der Waals surface area contributed by atoms with Crippen molar-refractivity contribution in [2.75, 3.05) is 33.3 Å². The normalized spacial score (nSPS) is 11.3. The quantitative estimate of drug-likeness (QED) is 0.345. The molecule has 0 bridgehead atoms. The Morgan fingerprint density at radius 3 is 2.64 bits per heavy atom. The van der Waals surface area contributed by atoms with Crippen molar-refractivity contribution >= 4 is 11.9 Å². The predicted molar refractivity (Wildman–Crippen MR) is 103 cm³/mol. The predicted octanol–water partition coefficient (Wildman–Crippen LogP) is 2.42. The molecule has 0 aliphatic carbocycles. The van der Waals surface area contributed by atoms with Crippen LogP contribution in [0.25, 0.3) is 0 Å². The number of aliphatic imine (C=N–C) groups is 1. The van der Waals surface area contributed by atoms with Gasteiger partial charge in [-0.15, -0.1) is 0 Å². The van der Waals surface area contributed by atoms with E-state index in [1.807, 2.05) is 13.0 Å². The molecule has 1 amide bonds. The number of hydrogen-bond acceptors (Lipinski definition) is 3. The summed E-state index contributed by atoms with van der Waals surface area (Å²) in [4.78, 5) is 16.7. The number of carbonyl (C=O) groups excluding carboxylic acids is 1. The number of methoxy groups -OCH3 is 1. The molecule has 0 spiro atoms. The van der Waals surface area contributed by atoms with Gasteiger partial charge in [0.05, 0.1) is 7.11 Å². The first-order chi connectivity index (χ1) is 12.1. The zero-order valence-electron chi connectivity index (χ0n) is 15.9. The SMILES string of the molecule is CCNC(=NCCCC(C)C)NCCNC(=O)c1cccc(OC)c1. The number of hydrogen-bond donors (Lipinski definition) is 3. The summed E-state index contributed by atoms with van der Waals surface area (Å²) in [6.45, 7) is 9.24. The van der Waals surface area contributed by atoms with E-state index in [0.717, 1.165) is 25.5 Å². The van der Waals surface area contributed by atoms with Crippen LogP contribution >= 0.6 is 0 Å². The van der Waals surface area contributed by atoms with Gasteiger partial charge in [-0.05, 0) is 43.9 Å². The lowest BCUT2D eigenvalue weighted by Crippen LogP contribution is -2.41. The van der Waals surface area contributed by atoms with Gasteiger partial charge in [-0.1, -0.05) is 19.9 Å². The smallest absolute Gasteiger partial charge is 0.251 e. The Balaban J connectivity index is 2.34. The number of amides is 1. The zero-order valence-corrected chi connectivity index (χ0v) is 15.9. The van der Waals surface area contributed by atoms with Crippen molar-refractivity contribution in [2.45, 2.75) is 33.6 Å². The lowest BCUT2D eigenvalue weighted by Gasteiger charge is -2.12. The molecule has 1 aromatic carbocycles. The van der Waals surface area contributed by atoms with Gasteiger partial charge in [0.15, 0.2) is 5.96 Å². The van der Waals surface area contributed by atoms with Gasteiger partial charge >= 0.3 is 0 Å². The van der Waals surface area contributed by atoms with Gasteiger partial charge in [-0.2, -0.15) is 0 Å². The van der Waals surface area contributed by atoms with Crippen LogP contribution in [-0.2, 0) is 0 Å². The van der Waals surface area contributed by atoms with E-state index in [-0.39, 0.29) is 5.91 Å². The minimum absolute atomic E-state index is 0.112. The molecule has 0 saturated carbocycles. The summed E-state index contributed by atoms with van der Waals surface area (Å²) >= 11 is 0. The van der Waals surface area contributed by atoms with E-state index in [2.05, 4.69) is 34.8 Å². The average Bonchev–Trinajstić information content (AvgIpc) is 2.61. The monoisotopic (exact) mass is 348 g/mol. The van der Waals surface area contributed by atoms with Crippen LogP contribution in [0.3, 0.4) is 0 Å². The molecule has 0 radical (unpaired) electrons. The third-order valence-electron chi connectivity index (χ3n) is 3.59. The Bertz CT molecular complexity index is 544. The summed E-state index contributed by atoms with van der Waals surface area (Å²) in [5.41, 5.74) is 0.591. The van der Waals surface area contributed by atoms with Gasteiger partial charge in [0.2, 0.25) is 0 Å². The standard InChI is InChI=1S/C19H32N4O2/c1-5-20-19(22-11-7-8-15(2)3)23-13-12-21-18(24)16-9-6-10-17(14-16)25-4/h6,9-10,14-15H,5,7-8,11-13H2,1-4H3,(H,21,24)(H2,20,22,23). The van der Waals surface area contributed by atoms with Crippen molar-refractivity contribution in [1.82, 2.24) is 16.0 Å². The number of carbonyl (C=O) groups is 1. The minimum Gasteiger partial charge on any atom is -0.497 e. The highest BCUT2D eigenvalue weighted by atomic mass is 16.5. The molecular weight excluding hydrogens is 316 g/mol. The summed E-state index contributed by atoms with van der Waals surface area (Å²) in [6, 6.07) is 7.12. The number of ether oxygens (including phenoxy) is 1. The van der Waals surface area contributed by atoms with Crippen LogP contribution in [0.5, 0.6) is 5.75 Å². The Morgan fingerprint density at radius 1 is 1.20 bits per heavy atom. The maximum atomic E-state index is 12.1. The fraction of sp³-hybridized carbons (Fsp3) is 0.579. The second-order valence-corrected chi connectivity index (χ2v) is 6.21. The highest BCUT2D eigenvalue weighted by molar-refractivity contribution is 5.94. The minimum atomic E-state index is -0.112. The summed E-state index contributed by atoms with van der Waals surface area (Å²) in [5, 5.41) is 9.34. The van der Waals surface area contributed by atoms with E-state index >= 15 is 0 Å². The van der Waals surface area contributed by atoms with Crippen LogP contribution in [0.1, 0.15) is 44.0 Å². The van der Waals surface area contributed by atoms with E-state index in [0.29, 0.717) is 30.3 Å². The molecule has 0 aliphatic rings. The van der Waals surface area contributed by atoms with Crippen LogP contribution < -0.4 is 20.7 Å². The molecule has 6 heteroatoms. The largest absolute Gasteiger partial charge is 0.497 e. The van der Waals surface area contributed by atoms with E-state index < -0.39 is 0 Å². The van der Waals surface area contributed by atoms with Crippen LogP contribution in [0.15, 0.2) is 29.3 Å². The van der Waals surface area contributed by atoms with E-state index in [1.54, 1.807) is 25.3 Å². The van der Waals surface area contributed by atoms with Crippen LogP contribution in [0.4, 0.5) is 0 Å². The zero-order chi connectivity index (χ0) is 18.5. The van der Waals surface area contributed by atoms with Crippen LogP contribution in [0, 0.1) is 5.92 Å². The first kappa shape index (κ1) is 20.8. The number of benzene rings is 1. The highest BCUT2D eigenvalue weighted by Gasteiger charge is 2.06. The molecule has 0 unspecified atom stereocenters. The molecular formula is C19H32N4O2. The fourth-order valence-electron chi connectivity index (χ4n) is 2.26. The molecule has 1 aromatic rings. The third kappa shape index (κ3) is 8.98. The van der Waals surface area contributed by atoms with Crippen molar-refractivity contribution in [3.8, 4) is 5.75 Å². The maximum absolute atomic E-state index is 12.1. The Morgan fingerprint density at radius 2 is 1.96 bits per heavy atom. The summed E-state index contributed by atoms with van der Waals surface area (Å²) in [5.74, 6) is 2.06. The van der Waals surface area contributed by atoms with Crippen molar-refractivity contribution < 1.29 is 9.53 Å². The van der Waals surface area contributed by atoms with Crippen LogP contribution in [0.2, 0.25) is 0 Å². The van der Waals surface area contributed by atoms with Gasteiger partial charge in [0.25, 0.3) is 5.91 Å². The lowest BCUT2D eigenvalue weighted by molar-refractivity contribution is 0.0954. The Kier molecular flexibility index (Phi) is 10.1.